The van der Waals surface area contributed by atoms with E-state index < -0.39 is 0 Å². The highest BCUT2D eigenvalue weighted by molar-refractivity contribution is 6.31. The van der Waals surface area contributed by atoms with Crippen LogP contribution >= 0.6 is 11.6 Å². The summed E-state index contributed by atoms with van der Waals surface area (Å²) in [6.45, 7) is 14.3. The minimum Gasteiger partial charge on any atom is -0.357 e. The number of benzene rings is 1. The van der Waals surface area contributed by atoms with Crippen LogP contribution in [0.4, 0.5) is 4.39 Å². The number of likely N-dealkylation sites (N-methyl/N-ethyl adjacent to an activating group) is 1. The van der Waals surface area contributed by atoms with E-state index >= 15 is 0 Å². The minimum atomic E-state index is -0.316. The number of aliphatic imine (C=N–C) groups is 1. The van der Waals surface area contributed by atoms with E-state index in [1.165, 1.54) is 31.6 Å². The first-order chi connectivity index (χ1) is 13.8. The Morgan fingerprint density at radius 1 is 1.21 bits per heavy atom. The Morgan fingerprint density at radius 2 is 2.00 bits per heavy atom. The van der Waals surface area contributed by atoms with E-state index in [9.17, 15) is 4.39 Å². The quantitative estimate of drug-likeness (QED) is 0.381. The van der Waals surface area contributed by atoms with Crippen LogP contribution in [0.5, 0.6) is 0 Å². The molecule has 1 aliphatic heterocycles. The average Bonchev–Trinajstić information content (AvgIpc) is 2.87. The molecule has 1 aromatic carbocycles. The molecule has 2 rings (SSSR count). The van der Waals surface area contributed by atoms with Gasteiger partial charge in [0.2, 0.25) is 0 Å². The lowest BCUT2D eigenvalue weighted by molar-refractivity contribution is 0.274. The molecule has 0 radical (unpaired) electrons. The lowest BCUT2D eigenvalue weighted by atomic mass is 9.84. The maximum Gasteiger partial charge on any atom is 0.191 e. The highest BCUT2D eigenvalue weighted by Crippen LogP contribution is 2.30. The molecule has 0 saturated carbocycles. The largest absolute Gasteiger partial charge is 0.357 e. The van der Waals surface area contributed by atoms with Gasteiger partial charge in [-0.3, -0.25) is 4.99 Å². The first-order valence-electron chi connectivity index (χ1n) is 10.7. The normalized spacial score (nSPS) is 17.2. The van der Waals surface area contributed by atoms with Gasteiger partial charge in [0.15, 0.2) is 5.96 Å². The zero-order chi connectivity index (χ0) is 21.3. The zero-order valence-corrected chi connectivity index (χ0v) is 19.2. The summed E-state index contributed by atoms with van der Waals surface area (Å²) in [4.78, 5) is 9.71. The van der Waals surface area contributed by atoms with Gasteiger partial charge in [-0.2, -0.15) is 0 Å². The average molecular weight is 426 g/mol. The minimum absolute atomic E-state index is 0.286. The van der Waals surface area contributed by atoms with Crippen molar-refractivity contribution in [2.24, 2.45) is 4.99 Å². The lowest BCUT2D eigenvalue weighted by Crippen LogP contribution is -2.40. The van der Waals surface area contributed by atoms with E-state index in [4.69, 9.17) is 16.6 Å². The topological polar surface area (TPSA) is 42.9 Å². The lowest BCUT2D eigenvalue weighted by Gasteiger charge is -2.25. The SMILES string of the molecule is CCNC(=NCC(C)(C)c1ccc(F)cc1Cl)NCCCN1CCCN(C)CC1. The van der Waals surface area contributed by atoms with Crippen molar-refractivity contribution >= 4 is 17.6 Å². The Bertz CT molecular complexity index is 665. The molecule has 0 atom stereocenters. The second kappa shape index (κ2) is 11.7. The molecule has 164 valence electrons. The predicted molar refractivity (Wildman–Crippen MR) is 122 cm³/mol. The fourth-order valence-electron chi connectivity index (χ4n) is 3.57. The third kappa shape index (κ3) is 8.11. The van der Waals surface area contributed by atoms with Crippen LogP contribution in [0.15, 0.2) is 23.2 Å². The van der Waals surface area contributed by atoms with Gasteiger partial charge in [0.05, 0.1) is 6.54 Å². The Morgan fingerprint density at radius 3 is 2.72 bits per heavy atom. The van der Waals surface area contributed by atoms with Crippen molar-refractivity contribution in [1.82, 2.24) is 20.4 Å². The fraction of sp³-hybridized carbons (Fsp3) is 0.682. The van der Waals surface area contributed by atoms with Crippen molar-refractivity contribution in [2.75, 3.05) is 59.4 Å². The van der Waals surface area contributed by atoms with Gasteiger partial charge in [0, 0.05) is 36.6 Å². The summed E-state index contributed by atoms with van der Waals surface area (Å²) in [5, 5.41) is 7.20. The predicted octanol–water partition coefficient (Wildman–Crippen LogP) is 3.34. The van der Waals surface area contributed by atoms with Crippen molar-refractivity contribution < 1.29 is 4.39 Å². The molecule has 0 spiro atoms. The maximum absolute atomic E-state index is 13.4. The van der Waals surface area contributed by atoms with Gasteiger partial charge in [-0.15, -0.1) is 0 Å². The molecular formula is C22H37ClFN5. The van der Waals surface area contributed by atoms with E-state index in [2.05, 4.69) is 48.3 Å². The van der Waals surface area contributed by atoms with Crippen molar-refractivity contribution in [2.45, 2.75) is 39.0 Å². The highest BCUT2D eigenvalue weighted by atomic mass is 35.5. The van der Waals surface area contributed by atoms with Crippen LogP contribution in [-0.2, 0) is 5.41 Å². The third-order valence-corrected chi connectivity index (χ3v) is 5.71. The standard InChI is InChI=1S/C22H37ClFN5/c1-5-25-21(26-10-6-12-29-13-7-11-28(4)14-15-29)27-17-22(2,3)19-9-8-18(24)16-20(19)23/h8-9,16H,5-7,10-15,17H2,1-4H3,(H2,25,26,27). The summed E-state index contributed by atoms with van der Waals surface area (Å²) in [7, 11) is 2.20. The number of nitrogens with one attached hydrogen (secondary N) is 2. The van der Waals surface area contributed by atoms with Crippen LogP contribution in [0.1, 0.15) is 39.2 Å². The van der Waals surface area contributed by atoms with Crippen molar-refractivity contribution in [3.05, 3.63) is 34.6 Å². The molecule has 0 amide bonds. The Kier molecular flexibility index (Phi) is 9.66. The Balaban J connectivity index is 1.85. The van der Waals surface area contributed by atoms with E-state index in [1.54, 1.807) is 6.07 Å². The van der Waals surface area contributed by atoms with E-state index in [0.717, 1.165) is 50.7 Å². The maximum atomic E-state index is 13.4. The molecule has 2 N–H and O–H groups in total. The van der Waals surface area contributed by atoms with Gasteiger partial charge in [-0.05, 0) is 64.1 Å². The van der Waals surface area contributed by atoms with Gasteiger partial charge in [0.25, 0.3) is 0 Å². The van der Waals surface area contributed by atoms with Gasteiger partial charge in [0.1, 0.15) is 5.82 Å². The van der Waals surface area contributed by atoms with Crippen molar-refractivity contribution in [3.63, 3.8) is 0 Å². The summed E-state index contributed by atoms with van der Waals surface area (Å²) in [6.07, 6.45) is 2.33. The third-order valence-electron chi connectivity index (χ3n) is 5.39. The number of nitrogens with zero attached hydrogens (tertiary/aromatic N) is 3. The second-order valence-electron chi connectivity index (χ2n) is 8.48. The van der Waals surface area contributed by atoms with E-state index in [-0.39, 0.29) is 11.2 Å². The molecule has 0 bridgehead atoms. The molecule has 5 nitrogen and oxygen atoms in total. The number of guanidine groups is 1. The molecule has 1 aromatic rings. The van der Waals surface area contributed by atoms with Crippen LogP contribution in [0.3, 0.4) is 0 Å². The van der Waals surface area contributed by atoms with Crippen LogP contribution < -0.4 is 10.6 Å². The summed E-state index contributed by atoms with van der Waals surface area (Å²) in [5.74, 6) is 0.499. The van der Waals surface area contributed by atoms with Crippen LogP contribution in [0.25, 0.3) is 0 Å². The molecule has 1 heterocycles. The molecular weight excluding hydrogens is 389 g/mol. The van der Waals surface area contributed by atoms with Crippen LogP contribution in [-0.4, -0.2) is 75.2 Å². The highest BCUT2D eigenvalue weighted by Gasteiger charge is 2.23. The van der Waals surface area contributed by atoms with Gasteiger partial charge < -0.3 is 20.4 Å². The number of halogens is 2. The molecule has 0 aromatic heterocycles. The fourth-order valence-corrected chi connectivity index (χ4v) is 4.00. The summed E-state index contributed by atoms with van der Waals surface area (Å²) < 4.78 is 13.4. The number of rotatable bonds is 8. The second-order valence-corrected chi connectivity index (χ2v) is 8.89. The van der Waals surface area contributed by atoms with Gasteiger partial charge in [-0.1, -0.05) is 31.5 Å². The molecule has 0 unspecified atom stereocenters. The summed E-state index contributed by atoms with van der Waals surface area (Å²) >= 11 is 6.26. The van der Waals surface area contributed by atoms with Crippen molar-refractivity contribution in [3.8, 4) is 0 Å². The first-order valence-corrected chi connectivity index (χ1v) is 11.1. The Hall–Kier alpha value is -1.37. The van der Waals surface area contributed by atoms with Gasteiger partial charge in [-0.25, -0.2) is 4.39 Å². The number of hydrogen-bond donors (Lipinski definition) is 2. The Labute approximate surface area is 180 Å². The summed E-state index contributed by atoms with van der Waals surface area (Å²) in [5.41, 5.74) is 0.622. The van der Waals surface area contributed by atoms with E-state index in [0.29, 0.717) is 11.6 Å². The van der Waals surface area contributed by atoms with Crippen molar-refractivity contribution in [1.29, 1.82) is 0 Å². The molecule has 1 aliphatic rings. The van der Waals surface area contributed by atoms with Gasteiger partial charge >= 0.3 is 0 Å². The molecule has 7 heteroatoms. The molecule has 1 saturated heterocycles. The molecule has 1 fully saturated rings. The zero-order valence-electron chi connectivity index (χ0n) is 18.4. The van der Waals surface area contributed by atoms with E-state index in [1.807, 2.05) is 0 Å². The summed E-state index contributed by atoms with van der Waals surface area (Å²) in [6, 6.07) is 4.58. The smallest absolute Gasteiger partial charge is 0.191 e. The monoisotopic (exact) mass is 425 g/mol. The van der Waals surface area contributed by atoms with Crippen LogP contribution in [0.2, 0.25) is 5.02 Å². The number of hydrogen-bond acceptors (Lipinski definition) is 3. The molecule has 29 heavy (non-hydrogen) atoms. The van der Waals surface area contributed by atoms with Crippen LogP contribution in [0, 0.1) is 5.82 Å². The molecule has 0 aliphatic carbocycles. The first kappa shape index (κ1) is 23.9.